The quantitative estimate of drug-likeness (QED) is 0.419. The normalized spacial score (nSPS) is 18.2. The monoisotopic (exact) mass is 437 g/mol. The Morgan fingerprint density at radius 3 is 2.62 bits per heavy atom. The van der Waals surface area contributed by atoms with Gasteiger partial charge < -0.3 is 25.8 Å². The van der Waals surface area contributed by atoms with Crippen molar-refractivity contribution in [2.75, 3.05) is 36.2 Å². The van der Waals surface area contributed by atoms with Gasteiger partial charge in [0.1, 0.15) is 17.9 Å². The van der Waals surface area contributed by atoms with E-state index in [9.17, 15) is 4.79 Å². The SMILES string of the molecule is COc1nccc2ccc(NC3CCC(CNc4ncc(NC(=O)CO)cn4)CC3)nc12. The second kappa shape index (κ2) is 10.2. The summed E-state index contributed by atoms with van der Waals surface area (Å²) < 4.78 is 5.33. The Kier molecular flexibility index (Phi) is 6.90. The zero-order valence-electron chi connectivity index (χ0n) is 17.9. The minimum Gasteiger partial charge on any atom is -0.479 e. The number of anilines is 3. The number of aromatic nitrogens is 4. The van der Waals surface area contributed by atoms with Crippen molar-refractivity contribution in [2.24, 2.45) is 5.92 Å². The van der Waals surface area contributed by atoms with E-state index in [0.29, 0.717) is 29.5 Å². The second-order valence-corrected chi connectivity index (χ2v) is 7.83. The molecule has 1 saturated carbocycles. The topological polar surface area (TPSA) is 134 Å². The summed E-state index contributed by atoms with van der Waals surface area (Å²) >= 11 is 0. The molecule has 10 heteroatoms. The number of methoxy groups -OCH3 is 1. The van der Waals surface area contributed by atoms with Gasteiger partial charge in [-0.25, -0.2) is 19.9 Å². The van der Waals surface area contributed by atoms with Crippen LogP contribution in [0.15, 0.2) is 36.8 Å². The molecule has 3 heterocycles. The number of ether oxygens (including phenoxy) is 1. The van der Waals surface area contributed by atoms with Crippen molar-refractivity contribution >= 4 is 34.3 Å². The fourth-order valence-electron chi connectivity index (χ4n) is 3.89. The van der Waals surface area contributed by atoms with Crippen molar-refractivity contribution in [2.45, 2.75) is 31.7 Å². The van der Waals surface area contributed by atoms with E-state index >= 15 is 0 Å². The van der Waals surface area contributed by atoms with Gasteiger partial charge in [-0.05, 0) is 49.8 Å². The fourth-order valence-corrected chi connectivity index (χ4v) is 3.89. The van der Waals surface area contributed by atoms with Gasteiger partial charge in [0.25, 0.3) is 0 Å². The molecule has 0 unspecified atom stereocenters. The first-order chi connectivity index (χ1) is 15.6. The molecule has 0 saturated heterocycles. The number of nitrogens with one attached hydrogen (secondary N) is 3. The Balaban J connectivity index is 1.25. The highest BCUT2D eigenvalue weighted by molar-refractivity contribution is 5.91. The van der Waals surface area contributed by atoms with Crippen molar-refractivity contribution < 1.29 is 14.6 Å². The molecule has 168 valence electrons. The van der Waals surface area contributed by atoms with Crippen LogP contribution in [-0.4, -0.2) is 57.3 Å². The number of carbonyl (C=O) groups is 1. The summed E-state index contributed by atoms with van der Waals surface area (Å²) in [5, 5.41) is 19.1. The average Bonchev–Trinajstić information content (AvgIpc) is 2.84. The molecule has 3 aromatic rings. The highest BCUT2D eigenvalue weighted by Crippen LogP contribution is 2.28. The highest BCUT2D eigenvalue weighted by atomic mass is 16.5. The van der Waals surface area contributed by atoms with Crippen LogP contribution in [0.3, 0.4) is 0 Å². The molecular weight excluding hydrogens is 410 g/mol. The number of amides is 1. The first-order valence-corrected chi connectivity index (χ1v) is 10.7. The van der Waals surface area contributed by atoms with Crippen molar-refractivity contribution in [1.82, 2.24) is 19.9 Å². The van der Waals surface area contributed by atoms with E-state index in [1.165, 1.54) is 12.4 Å². The lowest BCUT2D eigenvalue weighted by Gasteiger charge is -2.29. The molecule has 0 spiro atoms. The molecule has 3 aromatic heterocycles. The second-order valence-electron chi connectivity index (χ2n) is 7.83. The number of pyridine rings is 2. The van der Waals surface area contributed by atoms with Crippen LogP contribution in [0.4, 0.5) is 17.5 Å². The standard InChI is InChI=1S/C22H27N7O3/c1-32-21-20-15(8-9-23-21)4-7-18(29-20)27-16-5-2-14(3-6-16)10-24-22-25-11-17(12-26-22)28-19(31)13-30/h4,7-9,11-12,14,16,30H,2-3,5-6,10,13H2,1H3,(H,27,29)(H,28,31)(H,24,25,26). The van der Waals surface area contributed by atoms with Crippen molar-refractivity contribution in [3.8, 4) is 5.88 Å². The molecule has 4 rings (SSSR count). The Labute approximate surface area is 185 Å². The summed E-state index contributed by atoms with van der Waals surface area (Å²) in [5.74, 6) is 1.95. The van der Waals surface area contributed by atoms with Gasteiger partial charge in [-0.1, -0.05) is 0 Å². The van der Waals surface area contributed by atoms with Crippen LogP contribution in [0.2, 0.25) is 0 Å². The summed E-state index contributed by atoms with van der Waals surface area (Å²) in [6.45, 7) is 0.228. The van der Waals surface area contributed by atoms with Gasteiger partial charge in [-0.15, -0.1) is 0 Å². The fraction of sp³-hybridized carbons (Fsp3) is 0.409. The Hall–Kier alpha value is -3.53. The maximum absolute atomic E-state index is 11.2. The summed E-state index contributed by atoms with van der Waals surface area (Å²) in [6, 6.07) is 6.34. The van der Waals surface area contributed by atoms with Crippen LogP contribution in [0.1, 0.15) is 25.7 Å². The first kappa shape index (κ1) is 21.7. The van der Waals surface area contributed by atoms with Gasteiger partial charge >= 0.3 is 0 Å². The molecule has 0 radical (unpaired) electrons. The van der Waals surface area contributed by atoms with E-state index in [4.69, 9.17) is 14.8 Å². The molecule has 0 aliphatic heterocycles. The van der Waals surface area contributed by atoms with Crippen LogP contribution in [-0.2, 0) is 4.79 Å². The summed E-state index contributed by atoms with van der Waals surface area (Å²) in [4.78, 5) is 28.5. The number of rotatable bonds is 8. The molecular formula is C22H27N7O3. The third-order valence-electron chi connectivity index (χ3n) is 5.60. The molecule has 1 fully saturated rings. The lowest BCUT2D eigenvalue weighted by molar-refractivity contribution is -0.118. The van der Waals surface area contributed by atoms with E-state index in [-0.39, 0.29) is 0 Å². The Bertz CT molecular complexity index is 1050. The van der Waals surface area contributed by atoms with Crippen LogP contribution in [0, 0.1) is 5.92 Å². The zero-order chi connectivity index (χ0) is 22.3. The highest BCUT2D eigenvalue weighted by Gasteiger charge is 2.21. The minimum atomic E-state index is -0.570. The molecule has 1 amide bonds. The number of nitrogens with zero attached hydrogens (tertiary/aromatic N) is 4. The first-order valence-electron chi connectivity index (χ1n) is 10.7. The lowest BCUT2D eigenvalue weighted by atomic mass is 9.86. The van der Waals surface area contributed by atoms with E-state index < -0.39 is 12.5 Å². The molecule has 10 nitrogen and oxygen atoms in total. The average molecular weight is 438 g/mol. The van der Waals surface area contributed by atoms with Gasteiger partial charge in [-0.3, -0.25) is 4.79 Å². The van der Waals surface area contributed by atoms with Gasteiger partial charge in [0.15, 0.2) is 0 Å². The maximum atomic E-state index is 11.2. The number of aliphatic hydroxyl groups is 1. The number of carbonyl (C=O) groups excluding carboxylic acids is 1. The summed E-state index contributed by atoms with van der Waals surface area (Å²) in [5.41, 5.74) is 1.22. The molecule has 0 bridgehead atoms. The Morgan fingerprint density at radius 2 is 1.91 bits per heavy atom. The molecule has 4 N–H and O–H groups in total. The maximum Gasteiger partial charge on any atom is 0.250 e. The van der Waals surface area contributed by atoms with Crippen LogP contribution >= 0.6 is 0 Å². The number of aliphatic hydroxyl groups excluding tert-OH is 1. The third-order valence-corrected chi connectivity index (χ3v) is 5.60. The van der Waals surface area contributed by atoms with Gasteiger partial charge in [0, 0.05) is 24.2 Å². The predicted octanol–water partition coefficient (Wildman–Crippen LogP) is 2.44. The van der Waals surface area contributed by atoms with Gasteiger partial charge in [-0.2, -0.15) is 0 Å². The smallest absolute Gasteiger partial charge is 0.250 e. The van der Waals surface area contributed by atoms with E-state index in [1.807, 2.05) is 18.2 Å². The molecule has 0 atom stereocenters. The van der Waals surface area contributed by atoms with Crippen LogP contribution < -0.4 is 20.7 Å². The van der Waals surface area contributed by atoms with Gasteiger partial charge in [0.2, 0.25) is 17.7 Å². The van der Waals surface area contributed by atoms with Gasteiger partial charge in [0.05, 0.1) is 25.2 Å². The van der Waals surface area contributed by atoms with Crippen LogP contribution in [0.25, 0.3) is 10.9 Å². The molecule has 1 aliphatic carbocycles. The van der Waals surface area contributed by atoms with E-state index in [1.54, 1.807) is 13.3 Å². The number of hydrogen-bond donors (Lipinski definition) is 4. The summed E-state index contributed by atoms with van der Waals surface area (Å²) in [6.07, 6.45) is 9.06. The van der Waals surface area contributed by atoms with Crippen LogP contribution in [0.5, 0.6) is 5.88 Å². The van der Waals surface area contributed by atoms with Crippen molar-refractivity contribution in [1.29, 1.82) is 0 Å². The lowest BCUT2D eigenvalue weighted by Crippen LogP contribution is -2.29. The predicted molar refractivity (Wildman–Crippen MR) is 122 cm³/mol. The third kappa shape index (κ3) is 5.38. The molecule has 32 heavy (non-hydrogen) atoms. The van der Waals surface area contributed by atoms with E-state index in [2.05, 4.69) is 30.9 Å². The van der Waals surface area contributed by atoms with Crippen molar-refractivity contribution in [3.05, 3.63) is 36.8 Å². The zero-order valence-corrected chi connectivity index (χ0v) is 17.9. The minimum absolute atomic E-state index is 0.379. The largest absolute Gasteiger partial charge is 0.479 e. The number of fused-ring (bicyclic) bond motifs is 1. The van der Waals surface area contributed by atoms with Crippen molar-refractivity contribution in [3.63, 3.8) is 0 Å². The number of hydrogen-bond acceptors (Lipinski definition) is 9. The molecule has 1 aliphatic rings. The van der Waals surface area contributed by atoms with E-state index in [0.717, 1.165) is 48.9 Å². The summed E-state index contributed by atoms with van der Waals surface area (Å²) in [7, 11) is 1.60. The Morgan fingerprint density at radius 1 is 1.12 bits per heavy atom. The molecule has 0 aromatic carbocycles.